The van der Waals surface area contributed by atoms with E-state index in [1.165, 1.54) is 68.5 Å². The second-order valence-corrected chi connectivity index (χ2v) is 20.5. The second-order valence-electron chi connectivity index (χ2n) is 20.5. The van der Waals surface area contributed by atoms with Crippen molar-refractivity contribution in [1.29, 1.82) is 0 Å². The summed E-state index contributed by atoms with van der Waals surface area (Å²) in [4.78, 5) is 17.1. The molecule has 0 N–H and O–H groups in total. The number of ether oxygens (including phenoxy) is 1. The molecule has 1 aromatic heterocycles. The van der Waals surface area contributed by atoms with Crippen molar-refractivity contribution in [2.24, 2.45) is 23.7 Å². The third-order valence-electron chi connectivity index (χ3n) is 17.3. The Bertz CT molecular complexity index is 3420. The molecule has 67 heavy (non-hydrogen) atoms. The van der Waals surface area contributed by atoms with E-state index in [2.05, 4.69) is 201 Å². The standard InChI is InChI=1S/C63H47N3O/c1-61(36-40-33-39-34-41(37-61)56(39)40)60-65-58(38-31-32-45-44-21-8-10-24-48(44)62(53(45)35-38,42-17-4-2-5-18-42)43-19-6-3-7-20-43)64-59(66-60)47-23-16-28-52-57(47)46-22-9-11-25-49(46)63(52)50-26-12-14-29-54(50)67-55-30-15-13-27-51(55)63/h2-32,35,39-41,56H,33-34,36-37H2,1H3/t39-,40+,41?,56-,61?/m1/s1. The van der Waals surface area contributed by atoms with Gasteiger partial charge in [-0.15, -0.1) is 0 Å². The zero-order valence-corrected chi connectivity index (χ0v) is 37.4. The monoisotopic (exact) mass is 861 g/mol. The van der Waals surface area contributed by atoms with Gasteiger partial charge in [0.05, 0.1) is 10.8 Å². The predicted octanol–water partition coefficient (Wildman–Crippen LogP) is 14.4. The van der Waals surface area contributed by atoms with Crippen molar-refractivity contribution in [3.05, 3.63) is 244 Å². The highest BCUT2D eigenvalue weighted by Gasteiger charge is 2.60. The number of benzene rings is 8. The zero-order chi connectivity index (χ0) is 44.1. The van der Waals surface area contributed by atoms with Gasteiger partial charge in [-0.3, -0.25) is 0 Å². The smallest absolute Gasteiger partial charge is 0.164 e. The molecule has 4 nitrogen and oxygen atoms in total. The quantitative estimate of drug-likeness (QED) is 0.173. The zero-order valence-electron chi connectivity index (χ0n) is 37.4. The van der Waals surface area contributed by atoms with Gasteiger partial charge in [0.1, 0.15) is 17.3 Å². The summed E-state index contributed by atoms with van der Waals surface area (Å²) in [6.07, 6.45) is 4.96. The van der Waals surface area contributed by atoms with Crippen LogP contribution in [0.2, 0.25) is 0 Å². The molecule has 2 unspecified atom stereocenters. The highest BCUT2D eigenvalue weighted by molar-refractivity contribution is 5.96. The lowest BCUT2D eigenvalue weighted by atomic mass is 9.40. The molecule has 9 aromatic rings. The summed E-state index contributed by atoms with van der Waals surface area (Å²) in [6.45, 7) is 2.46. The molecule has 0 saturated heterocycles. The fraction of sp³-hybridized carbons (Fsp3) is 0.190. The largest absolute Gasteiger partial charge is 0.457 e. The van der Waals surface area contributed by atoms with Crippen molar-refractivity contribution in [2.75, 3.05) is 0 Å². The first-order valence-electron chi connectivity index (χ1n) is 24.3. The van der Waals surface area contributed by atoms with Gasteiger partial charge in [0.25, 0.3) is 0 Å². The predicted molar refractivity (Wildman–Crippen MR) is 265 cm³/mol. The van der Waals surface area contributed by atoms with Gasteiger partial charge in [-0.1, -0.05) is 183 Å². The van der Waals surface area contributed by atoms with Crippen LogP contribution in [0.4, 0.5) is 0 Å². The van der Waals surface area contributed by atoms with Crippen molar-refractivity contribution in [3.8, 4) is 56.5 Å². The summed E-state index contributed by atoms with van der Waals surface area (Å²) < 4.78 is 6.69. The molecule has 2 heterocycles. The van der Waals surface area contributed by atoms with Crippen LogP contribution >= 0.6 is 0 Å². The third kappa shape index (κ3) is 4.90. The number of hydrogen-bond acceptors (Lipinski definition) is 4. The molecule has 1 aliphatic heterocycles. The molecule has 320 valence electrons. The van der Waals surface area contributed by atoms with Crippen LogP contribution in [-0.2, 0) is 16.2 Å². The fourth-order valence-electron chi connectivity index (χ4n) is 14.7. The van der Waals surface area contributed by atoms with E-state index >= 15 is 0 Å². The van der Waals surface area contributed by atoms with Crippen LogP contribution in [0, 0.1) is 23.7 Å². The third-order valence-corrected chi connectivity index (χ3v) is 17.3. The van der Waals surface area contributed by atoms with Gasteiger partial charge < -0.3 is 4.74 Å². The summed E-state index contributed by atoms with van der Waals surface area (Å²) in [5.74, 6) is 7.52. The topological polar surface area (TPSA) is 47.9 Å². The Hall–Kier alpha value is -7.43. The van der Waals surface area contributed by atoms with E-state index in [1.54, 1.807) is 0 Å². The Morgan fingerprint density at radius 1 is 0.418 bits per heavy atom. The Morgan fingerprint density at radius 3 is 1.60 bits per heavy atom. The Kier molecular flexibility index (Phi) is 7.65. The van der Waals surface area contributed by atoms with E-state index in [4.69, 9.17) is 19.7 Å². The maximum Gasteiger partial charge on any atom is 0.164 e. The van der Waals surface area contributed by atoms with Gasteiger partial charge in [0, 0.05) is 27.7 Å². The minimum Gasteiger partial charge on any atom is -0.457 e. The molecule has 5 atom stereocenters. The molecular weight excluding hydrogens is 815 g/mol. The van der Waals surface area contributed by atoms with Crippen molar-refractivity contribution in [3.63, 3.8) is 0 Å². The number of rotatable bonds is 5. The molecule has 4 heteroatoms. The lowest BCUT2D eigenvalue weighted by molar-refractivity contribution is -0.142. The van der Waals surface area contributed by atoms with Gasteiger partial charge in [0.15, 0.2) is 11.6 Å². The van der Waals surface area contributed by atoms with Crippen LogP contribution < -0.4 is 4.74 Å². The number of para-hydroxylation sites is 2. The summed E-state index contributed by atoms with van der Waals surface area (Å²) in [5, 5.41) is 0. The SMILES string of the molecule is CC1(c2nc(-c3ccc4c(c3)C(c3ccccc3)(c3ccccc3)c3ccccc3-4)nc(-c3cccc4c3-c3ccccc3C43c4ccccc4Oc4ccccc43)n2)CC2C[C@H]3C[C@@H](C1)[C@H]23. The normalized spacial score (nSPS) is 23.2. The van der Waals surface area contributed by atoms with E-state index in [-0.39, 0.29) is 5.41 Å². The van der Waals surface area contributed by atoms with Gasteiger partial charge in [-0.25, -0.2) is 15.0 Å². The minimum absolute atomic E-state index is 0.163. The highest BCUT2D eigenvalue weighted by Crippen LogP contribution is 2.68. The Balaban J connectivity index is 0.984. The number of aromatic nitrogens is 3. The first kappa shape index (κ1) is 37.8. The Morgan fingerprint density at radius 2 is 0.940 bits per heavy atom. The average molecular weight is 862 g/mol. The van der Waals surface area contributed by atoms with Crippen molar-refractivity contribution in [2.45, 2.75) is 48.9 Å². The molecule has 1 spiro atoms. The summed E-state index contributed by atoms with van der Waals surface area (Å²) in [5.41, 5.74) is 15.5. The van der Waals surface area contributed by atoms with Crippen molar-refractivity contribution in [1.82, 2.24) is 15.0 Å². The van der Waals surface area contributed by atoms with E-state index in [0.717, 1.165) is 87.7 Å². The maximum atomic E-state index is 6.69. The molecule has 0 amide bonds. The molecule has 6 aliphatic rings. The summed E-state index contributed by atoms with van der Waals surface area (Å²) in [6, 6.07) is 71.1. The van der Waals surface area contributed by atoms with E-state index in [1.807, 2.05) is 0 Å². The second kappa shape index (κ2) is 13.6. The molecule has 15 rings (SSSR count). The van der Waals surface area contributed by atoms with Crippen LogP contribution in [-0.4, -0.2) is 15.0 Å². The van der Waals surface area contributed by atoms with Crippen LogP contribution in [0.5, 0.6) is 11.5 Å². The van der Waals surface area contributed by atoms with E-state index in [9.17, 15) is 0 Å². The molecule has 3 saturated carbocycles. The average Bonchev–Trinajstić information content (AvgIpc) is 3.84. The van der Waals surface area contributed by atoms with Crippen molar-refractivity contribution >= 4 is 0 Å². The lowest BCUT2D eigenvalue weighted by Crippen LogP contribution is -2.58. The van der Waals surface area contributed by atoms with Crippen LogP contribution in [0.3, 0.4) is 0 Å². The highest BCUT2D eigenvalue weighted by atomic mass is 16.5. The van der Waals surface area contributed by atoms with E-state index < -0.39 is 10.8 Å². The minimum atomic E-state index is -0.589. The Labute approximate surface area is 391 Å². The first-order valence-corrected chi connectivity index (χ1v) is 24.3. The number of nitrogens with zero attached hydrogens (tertiary/aromatic N) is 3. The molecule has 5 aliphatic carbocycles. The lowest BCUT2D eigenvalue weighted by Gasteiger charge is -2.65. The van der Waals surface area contributed by atoms with Crippen LogP contribution in [0.25, 0.3) is 45.0 Å². The van der Waals surface area contributed by atoms with Gasteiger partial charge in [0.2, 0.25) is 0 Å². The van der Waals surface area contributed by atoms with Gasteiger partial charge in [-0.05, 0) is 123 Å². The summed E-state index contributed by atoms with van der Waals surface area (Å²) in [7, 11) is 0. The number of fused-ring (bicyclic) bond motifs is 12. The molecule has 0 radical (unpaired) electrons. The number of hydrogen-bond donors (Lipinski definition) is 0. The van der Waals surface area contributed by atoms with Gasteiger partial charge in [-0.2, -0.15) is 0 Å². The molecular formula is C63H47N3O. The molecule has 0 bridgehead atoms. The first-order chi connectivity index (χ1) is 33.0. The van der Waals surface area contributed by atoms with Crippen molar-refractivity contribution < 1.29 is 4.74 Å². The van der Waals surface area contributed by atoms with Crippen LogP contribution in [0.1, 0.15) is 82.9 Å². The van der Waals surface area contributed by atoms with E-state index in [0.29, 0.717) is 0 Å². The maximum absolute atomic E-state index is 6.69. The molecule has 8 aromatic carbocycles. The van der Waals surface area contributed by atoms with Crippen LogP contribution in [0.15, 0.2) is 194 Å². The van der Waals surface area contributed by atoms with Gasteiger partial charge >= 0.3 is 0 Å². The fourth-order valence-corrected chi connectivity index (χ4v) is 14.7. The summed E-state index contributed by atoms with van der Waals surface area (Å²) >= 11 is 0. The molecule has 3 fully saturated rings.